The number of primary amides is 1. The zero-order chi connectivity index (χ0) is 11.4. The Balaban J connectivity index is 2.65. The Morgan fingerprint density at radius 1 is 1.60 bits per heavy atom. The molecule has 0 aliphatic heterocycles. The van der Waals surface area contributed by atoms with E-state index in [1.165, 1.54) is 11.0 Å². The number of rotatable bonds is 3. The van der Waals surface area contributed by atoms with Crippen LogP contribution >= 0.6 is 15.9 Å². The SMILES string of the molecule is CN(CCc1cc(Br)ccc1F)C(N)=O. The van der Waals surface area contributed by atoms with Crippen molar-refractivity contribution in [3.8, 4) is 0 Å². The highest BCUT2D eigenvalue weighted by molar-refractivity contribution is 9.10. The predicted molar refractivity (Wildman–Crippen MR) is 60.0 cm³/mol. The van der Waals surface area contributed by atoms with Crippen molar-refractivity contribution in [2.75, 3.05) is 13.6 Å². The minimum Gasteiger partial charge on any atom is -0.351 e. The van der Waals surface area contributed by atoms with Crippen LogP contribution in [-0.2, 0) is 6.42 Å². The van der Waals surface area contributed by atoms with Crippen LogP contribution in [-0.4, -0.2) is 24.5 Å². The van der Waals surface area contributed by atoms with Gasteiger partial charge < -0.3 is 10.6 Å². The molecule has 0 heterocycles. The van der Waals surface area contributed by atoms with E-state index in [9.17, 15) is 9.18 Å². The fraction of sp³-hybridized carbons (Fsp3) is 0.300. The largest absolute Gasteiger partial charge is 0.351 e. The highest BCUT2D eigenvalue weighted by atomic mass is 79.9. The van der Waals surface area contributed by atoms with E-state index in [-0.39, 0.29) is 5.82 Å². The highest BCUT2D eigenvalue weighted by Crippen LogP contribution is 2.16. The van der Waals surface area contributed by atoms with E-state index in [2.05, 4.69) is 15.9 Å². The Labute approximate surface area is 96.2 Å². The second-order valence-corrected chi connectivity index (χ2v) is 4.16. The van der Waals surface area contributed by atoms with Gasteiger partial charge in [-0.2, -0.15) is 0 Å². The van der Waals surface area contributed by atoms with Gasteiger partial charge >= 0.3 is 6.03 Å². The van der Waals surface area contributed by atoms with Gasteiger partial charge in [-0.1, -0.05) is 15.9 Å². The summed E-state index contributed by atoms with van der Waals surface area (Å²) in [6.45, 7) is 0.405. The lowest BCUT2D eigenvalue weighted by atomic mass is 10.1. The number of nitrogens with zero attached hydrogens (tertiary/aromatic N) is 1. The first kappa shape index (κ1) is 12.0. The number of urea groups is 1. The van der Waals surface area contributed by atoms with Crippen molar-refractivity contribution in [2.45, 2.75) is 6.42 Å². The number of benzene rings is 1. The van der Waals surface area contributed by atoms with Crippen LogP contribution in [0.5, 0.6) is 0 Å². The van der Waals surface area contributed by atoms with Crippen molar-refractivity contribution in [3.63, 3.8) is 0 Å². The Kier molecular flexibility index (Phi) is 4.08. The van der Waals surface area contributed by atoms with E-state index in [1.54, 1.807) is 19.2 Å². The normalized spacial score (nSPS) is 10.1. The van der Waals surface area contributed by atoms with Crippen LogP contribution in [0.3, 0.4) is 0 Å². The highest BCUT2D eigenvalue weighted by Gasteiger charge is 2.06. The fourth-order valence-electron chi connectivity index (χ4n) is 1.13. The second kappa shape index (κ2) is 5.11. The van der Waals surface area contributed by atoms with Gasteiger partial charge in [0.15, 0.2) is 0 Å². The topological polar surface area (TPSA) is 46.3 Å². The van der Waals surface area contributed by atoms with Crippen LogP contribution in [0.2, 0.25) is 0 Å². The summed E-state index contributed by atoms with van der Waals surface area (Å²) < 4.78 is 14.1. The maximum absolute atomic E-state index is 13.3. The third kappa shape index (κ3) is 3.51. The maximum atomic E-state index is 13.3. The second-order valence-electron chi connectivity index (χ2n) is 3.25. The van der Waals surface area contributed by atoms with Crippen molar-refractivity contribution < 1.29 is 9.18 Å². The Morgan fingerprint density at radius 3 is 2.87 bits per heavy atom. The van der Waals surface area contributed by atoms with Crippen LogP contribution in [0.1, 0.15) is 5.56 Å². The molecular formula is C10H12BrFN2O. The van der Waals surface area contributed by atoms with Gasteiger partial charge in [0, 0.05) is 18.1 Å². The smallest absolute Gasteiger partial charge is 0.314 e. The molecule has 0 spiro atoms. The molecule has 1 aromatic carbocycles. The molecule has 15 heavy (non-hydrogen) atoms. The van der Waals surface area contributed by atoms with Gasteiger partial charge in [0.2, 0.25) is 0 Å². The van der Waals surface area contributed by atoms with Crippen molar-refractivity contribution in [3.05, 3.63) is 34.1 Å². The lowest BCUT2D eigenvalue weighted by molar-refractivity contribution is 0.219. The molecule has 0 saturated heterocycles. The summed E-state index contributed by atoms with van der Waals surface area (Å²) in [7, 11) is 1.58. The van der Waals surface area contributed by atoms with Crippen molar-refractivity contribution in [1.82, 2.24) is 4.90 Å². The number of nitrogens with two attached hydrogens (primary N) is 1. The number of amides is 2. The molecule has 2 amide bonds. The summed E-state index contributed by atoms with van der Waals surface area (Å²) in [5.41, 5.74) is 5.62. The van der Waals surface area contributed by atoms with Crippen LogP contribution in [0.4, 0.5) is 9.18 Å². The average molecular weight is 275 g/mol. The van der Waals surface area contributed by atoms with Gasteiger partial charge in [-0.05, 0) is 30.2 Å². The van der Waals surface area contributed by atoms with Crippen LogP contribution < -0.4 is 5.73 Å². The molecule has 0 radical (unpaired) electrons. The summed E-state index contributed by atoms with van der Waals surface area (Å²) >= 11 is 3.26. The van der Waals surface area contributed by atoms with Gasteiger partial charge in [0.25, 0.3) is 0 Å². The monoisotopic (exact) mass is 274 g/mol. The molecule has 1 aromatic rings. The molecule has 0 fully saturated rings. The first-order valence-electron chi connectivity index (χ1n) is 4.45. The van der Waals surface area contributed by atoms with Gasteiger partial charge in [-0.15, -0.1) is 0 Å². The summed E-state index contributed by atoms with van der Waals surface area (Å²) in [5, 5.41) is 0. The molecule has 0 aromatic heterocycles. The van der Waals surface area contributed by atoms with Crippen molar-refractivity contribution in [1.29, 1.82) is 0 Å². The zero-order valence-corrected chi connectivity index (χ0v) is 9.92. The summed E-state index contributed by atoms with van der Waals surface area (Å²) in [6.07, 6.45) is 0.449. The molecule has 0 aliphatic carbocycles. The molecule has 3 nitrogen and oxygen atoms in total. The fourth-order valence-corrected chi connectivity index (χ4v) is 1.54. The van der Waals surface area contributed by atoms with E-state index in [1.807, 2.05) is 0 Å². The molecule has 0 unspecified atom stereocenters. The quantitative estimate of drug-likeness (QED) is 0.902. The van der Waals surface area contributed by atoms with E-state index < -0.39 is 6.03 Å². The molecule has 0 bridgehead atoms. The third-order valence-electron chi connectivity index (χ3n) is 2.10. The number of carbonyl (C=O) groups is 1. The van der Waals surface area contributed by atoms with E-state index >= 15 is 0 Å². The lowest BCUT2D eigenvalue weighted by Crippen LogP contribution is -2.33. The Bertz CT molecular complexity index is 370. The molecule has 0 aliphatic rings. The minimum absolute atomic E-state index is 0.268. The van der Waals surface area contributed by atoms with E-state index in [0.717, 1.165) is 4.47 Å². The maximum Gasteiger partial charge on any atom is 0.314 e. The van der Waals surface area contributed by atoms with Crippen LogP contribution in [0, 0.1) is 5.82 Å². The molecule has 2 N–H and O–H groups in total. The van der Waals surface area contributed by atoms with Crippen molar-refractivity contribution >= 4 is 22.0 Å². The van der Waals surface area contributed by atoms with E-state index in [0.29, 0.717) is 18.5 Å². The van der Waals surface area contributed by atoms with E-state index in [4.69, 9.17) is 5.73 Å². The third-order valence-corrected chi connectivity index (χ3v) is 2.59. The number of halogens is 2. The van der Waals surface area contributed by atoms with Gasteiger partial charge in [-0.25, -0.2) is 9.18 Å². The molecule has 5 heteroatoms. The molecule has 1 rings (SSSR count). The number of likely N-dealkylation sites (N-methyl/N-ethyl adjacent to an activating group) is 1. The molecule has 0 atom stereocenters. The Hall–Kier alpha value is -1.10. The first-order valence-corrected chi connectivity index (χ1v) is 5.24. The van der Waals surface area contributed by atoms with Crippen LogP contribution in [0.25, 0.3) is 0 Å². The molecular weight excluding hydrogens is 263 g/mol. The zero-order valence-electron chi connectivity index (χ0n) is 8.34. The first-order chi connectivity index (χ1) is 7.00. The van der Waals surface area contributed by atoms with Crippen LogP contribution in [0.15, 0.2) is 22.7 Å². The van der Waals surface area contributed by atoms with Gasteiger partial charge in [0.1, 0.15) is 5.82 Å². The molecule has 82 valence electrons. The number of hydrogen-bond donors (Lipinski definition) is 1. The minimum atomic E-state index is -0.509. The van der Waals surface area contributed by atoms with Crippen molar-refractivity contribution in [2.24, 2.45) is 5.73 Å². The number of carbonyl (C=O) groups excluding carboxylic acids is 1. The summed E-state index contributed by atoms with van der Waals surface area (Å²) in [5.74, 6) is -0.268. The van der Waals surface area contributed by atoms with Gasteiger partial charge in [-0.3, -0.25) is 0 Å². The average Bonchev–Trinajstić information content (AvgIpc) is 2.18. The summed E-state index contributed by atoms with van der Waals surface area (Å²) in [4.78, 5) is 12.1. The predicted octanol–water partition coefficient (Wildman–Crippen LogP) is 2.14. The Morgan fingerprint density at radius 2 is 2.27 bits per heavy atom. The standard InChI is InChI=1S/C10H12BrFN2O/c1-14(10(13)15)5-4-7-6-8(11)2-3-9(7)12/h2-3,6H,4-5H2,1H3,(H2,13,15). The lowest BCUT2D eigenvalue weighted by Gasteiger charge is -2.14. The summed E-state index contributed by atoms with van der Waals surface area (Å²) in [6, 6.07) is 4.22. The molecule has 0 saturated carbocycles. The number of hydrogen-bond acceptors (Lipinski definition) is 1. The van der Waals surface area contributed by atoms with Gasteiger partial charge in [0.05, 0.1) is 0 Å².